The standard InChI is InChI=1S/C17H25N3/c1-3-20-17-10-5-4-7-14(17)16(19-20)9-6-8-15(18-2)13-11-12-13/h4-5,7,10,13,15,18H,3,6,8-9,11-12H2,1-2H3. The number of para-hydroxylation sites is 1. The van der Waals surface area contributed by atoms with Crippen LogP contribution < -0.4 is 5.32 Å². The summed E-state index contributed by atoms with van der Waals surface area (Å²) in [5.41, 5.74) is 2.55. The first-order valence-corrected chi connectivity index (χ1v) is 7.95. The Kier molecular flexibility index (Phi) is 4.06. The van der Waals surface area contributed by atoms with Crippen molar-refractivity contribution in [3.05, 3.63) is 30.0 Å². The molecule has 3 rings (SSSR count). The van der Waals surface area contributed by atoms with Crippen LogP contribution in [0.5, 0.6) is 0 Å². The Bertz CT molecular complexity index is 569. The number of benzene rings is 1. The van der Waals surface area contributed by atoms with E-state index in [0.29, 0.717) is 0 Å². The van der Waals surface area contributed by atoms with Crippen molar-refractivity contribution >= 4 is 10.9 Å². The van der Waals surface area contributed by atoms with Crippen molar-refractivity contribution in [1.82, 2.24) is 15.1 Å². The molecule has 0 bridgehead atoms. The maximum Gasteiger partial charge on any atom is 0.0703 e. The molecule has 0 saturated heterocycles. The predicted octanol–water partition coefficient (Wildman–Crippen LogP) is 3.38. The van der Waals surface area contributed by atoms with Gasteiger partial charge in [-0.1, -0.05) is 18.2 Å². The minimum atomic E-state index is 0.717. The maximum atomic E-state index is 4.79. The first-order chi connectivity index (χ1) is 9.83. The molecule has 2 aromatic rings. The molecule has 3 heteroatoms. The summed E-state index contributed by atoms with van der Waals surface area (Å²) in [7, 11) is 2.10. The number of nitrogens with one attached hydrogen (secondary N) is 1. The Labute approximate surface area is 121 Å². The molecule has 3 nitrogen and oxygen atoms in total. The molecule has 1 saturated carbocycles. The fourth-order valence-corrected chi connectivity index (χ4v) is 3.23. The zero-order valence-electron chi connectivity index (χ0n) is 12.6. The summed E-state index contributed by atoms with van der Waals surface area (Å²) in [4.78, 5) is 0. The van der Waals surface area contributed by atoms with Crippen LogP contribution in [0.1, 0.15) is 38.3 Å². The minimum absolute atomic E-state index is 0.717. The number of aryl methyl sites for hydroxylation is 2. The molecule has 0 aliphatic heterocycles. The van der Waals surface area contributed by atoms with Crippen molar-refractivity contribution < 1.29 is 0 Å². The molecule has 1 unspecified atom stereocenters. The Morgan fingerprint density at radius 3 is 2.85 bits per heavy atom. The number of nitrogens with zero attached hydrogens (tertiary/aromatic N) is 2. The SMILES string of the molecule is CCn1nc(CCCC(NC)C2CC2)c2ccccc21. The van der Waals surface area contributed by atoms with Crippen LogP contribution in [-0.4, -0.2) is 22.9 Å². The summed E-state index contributed by atoms with van der Waals surface area (Å²) in [6, 6.07) is 9.32. The third-order valence-corrected chi connectivity index (χ3v) is 4.52. The number of fused-ring (bicyclic) bond motifs is 1. The molecule has 0 amide bonds. The van der Waals surface area contributed by atoms with E-state index in [0.717, 1.165) is 24.9 Å². The van der Waals surface area contributed by atoms with Gasteiger partial charge in [0.1, 0.15) is 0 Å². The van der Waals surface area contributed by atoms with Gasteiger partial charge in [-0.15, -0.1) is 0 Å². The van der Waals surface area contributed by atoms with Crippen LogP contribution >= 0.6 is 0 Å². The van der Waals surface area contributed by atoms with Crippen LogP contribution in [-0.2, 0) is 13.0 Å². The first kappa shape index (κ1) is 13.6. The van der Waals surface area contributed by atoms with Crippen LogP contribution in [0, 0.1) is 5.92 Å². The van der Waals surface area contributed by atoms with E-state index < -0.39 is 0 Å². The predicted molar refractivity (Wildman–Crippen MR) is 83.9 cm³/mol. The summed E-state index contributed by atoms with van der Waals surface area (Å²) in [6.07, 6.45) is 6.43. The highest BCUT2D eigenvalue weighted by atomic mass is 15.3. The van der Waals surface area contributed by atoms with Crippen LogP contribution in [0.25, 0.3) is 10.9 Å². The molecule has 1 aromatic heterocycles. The van der Waals surface area contributed by atoms with E-state index in [-0.39, 0.29) is 0 Å². The third-order valence-electron chi connectivity index (χ3n) is 4.52. The van der Waals surface area contributed by atoms with E-state index in [2.05, 4.69) is 48.2 Å². The van der Waals surface area contributed by atoms with Gasteiger partial charge in [0.2, 0.25) is 0 Å². The van der Waals surface area contributed by atoms with Crippen LogP contribution in [0.15, 0.2) is 24.3 Å². The van der Waals surface area contributed by atoms with Gasteiger partial charge in [0.05, 0.1) is 11.2 Å². The molecule has 108 valence electrons. The molecule has 0 spiro atoms. The minimum Gasteiger partial charge on any atom is -0.317 e. The van der Waals surface area contributed by atoms with Crippen molar-refractivity contribution in [3.63, 3.8) is 0 Å². The van der Waals surface area contributed by atoms with Gasteiger partial charge >= 0.3 is 0 Å². The summed E-state index contributed by atoms with van der Waals surface area (Å²) < 4.78 is 2.13. The lowest BCUT2D eigenvalue weighted by Gasteiger charge is -2.14. The van der Waals surface area contributed by atoms with Crippen molar-refractivity contribution in [2.24, 2.45) is 5.92 Å². The average molecular weight is 271 g/mol. The molecule has 1 aromatic carbocycles. The molecule has 1 N–H and O–H groups in total. The highest BCUT2D eigenvalue weighted by Gasteiger charge is 2.29. The number of aromatic nitrogens is 2. The van der Waals surface area contributed by atoms with E-state index in [1.54, 1.807) is 0 Å². The summed E-state index contributed by atoms with van der Waals surface area (Å²) >= 11 is 0. The maximum absolute atomic E-state index is 4.79. The van der Waals surface area contributed by atoms with Gasteiger partial charge in [-0.3, -0.25) is 4.68 Å². The van der Waals surface area contributed by atoms with Gasteiger partial charge in [0, 0.05) is 18.0 Å². The van der Waals surface area contributed by atoms with Gasteiger partial charge in [0.15, 0.2) is 0 Å². The lowest BCUT2D eigenvalue weighted by Crippen LogP contribution is -2.27. The summed E-state index contributed by atoms with van der Waals surface area (Å²) in [5, 5.41) is 9.60. The zero-order valence-corrected chi connectivity index (χ0v) is 12.6. The average Bonchev–Trinajstić information content (AvgIpc) is 3.26. The van der Waals surface area contributed by atoms with E-state index in [1.807, 2.05) is 0 Å². The third kappa shape index (κ3) is 2.73. The highest BCUT2D eigenvalue weighted by molar-refractivity contribution is 5.81. The number of hydrogen-bond donors (Lipinski definition) is 1. The molecule has 1 aliphatic carbocycles. The molecule has 1 aliphatic rings. The lowest BCUT2D eigenvalue weighted by atomic mass is 10.0. The van der Waals surface area contributed by atoms with E-state index in [1.165, 1.54) is 42.3 Å². The quantitative estimate of drug-likeness (QED) is 0.836. The Balaban J connectivity index is 1.67. The molecule has 1 fully saturated rings. The van der Waals surface area contributed by atoms with Crippen molar-refractivity contribution in [3.8, 4) is 0 Å². The molecular weight excluding hydrogens is 246 g/mol. The second kappa shape index (κ2) is 5.96. The van der Waals surface area contributed by atoms with Gasteiger partial charge in [-0.05, 0) is 58.1 Å². The highest BCUT2D eigenvalue weighted by Crippen LogP contribution is 2.34. The summed E-state index contributed by atoms with van der Waals surface area (Å²) in [6.45, 7) is 3.11. The van der Waals surface area contributed by atoms with Gasteiger partial charge < -0.3 is 5.32 Å². The van der Waals surface area contributed by atoms with Crippen molar-refractivity contribution in [2.45, 2.75) is 51.6 Å². The molecular formula is C17H25N3. The van der Waals surface area contributed by atoms with Crippen molar-refractivity contribution in [2.75, 3.05) is 7.05 Å². The second-order valence-electron chi connectivity index (χ2n) is 5.90. The van der Waals surface area contributed by atoms with Crippen molar-refractivity contribution in [1.29, 1.82) is 0 Å². The van der Waals surface area contributed by atoms with E-state index >= 15 is 0 Å². The largest absolute Gasteiger partial charge is 0.317 e. The van der Waals surface area contributed by atoms with Gasteiger partial charge in [-0.2, -0.15) is 5.10 Å². The van der Waals surface area contributed by atoms with Crippen LogP contribution in [0.3, 0.4) is 0 Å². The molecule has 0 radical (unpaired) electrons. The number of hydrogen-bond acceptors (Lipinski definition) is 2. The van der Waals surface area contributed by atoms with Gasteiger partial charge in [0.25, 0.3) is 0 Å². The molecule has 1 heterocycles. The van der Waals surface area contributed by atoms with Crippen LogP contribution in [0.4, 0.5) is 0 Å². The molecule has 1 atom stereocenters. The van der Waals surface area contributed by atoms with E-state index in [9.17, 15) is 0 Å². The monoisotopic (exact) mass is 271 g/mol. The first-order valence-electron chi connectivity index (χ1n) is 7.95. The Morgan fingerprint density at radius 2 is 2.15 bits per heavy atom. The topological polar surface area (TPSA) is 29.9 Å². The summed E-state index contributed by atoms with van der Waals surface area (Å²) in [5.74, 6) is 0.935. The van der Waals surface area contributed by atoms with Crippen LogP contribution in [0.2, 0.25) is 0 Å². The Morgan fingerprint density at radius 1 is 1.35 bits per heavy atom. The second-order valence-corrected chi connectivity index (χ2v) is 5.90. The lowest BCUT2D eigenvalue weighted by molar-refractivity contribution is 0.455. The normalized spacial score (nSPS) is 16.7. The molecule has 20 heavy (non-hydrogen) atoms. The number of rotatable bonds is 7. The Hall–Kier alpha value is -1.35. The fraction of sp³-hybridized carbons (Fsp3) is 0.588. The fourth-order valence-electron chi connectivity index (χ4n) is 3.23. The zero-order chi connectivity index (χ0) is 13.9. The van der Waals surface area contributed by atoms with E-state index in [4.69, 9.17) is 5.10 Å². The smallest absolute Gasteiger partial charge is 0.0703 e. The van der Waals surface area contributed by atoms with Gasteiger partial charge in [-0.25, -0.2) is 0 Å².